The molecule has 1 aliphatic carbocycles. The van der Waals surface area contributed by atoms with Crippen LogP contribution in [0.5, 0.6) is 0 Å². The predicted molar refractivity (Wildman–Crippen MR) is 67.1 cm³/mol. The molecule has 4 heteroatoms. The highest BCUT2D eigenvalue weighted by Crippen LogP contribution is 2.47. The number of aromatic nitrogens is 1. The van der Waals surface area contributed by atoms with E-state index in [2.05, 4.69) is 4.98 Å². The van der Waals surface area contributed by atoms with Gasteiger partial charge in [-0.3, -0.25) is 4.79 Å². The number of amides is 1. The number of hydrogen-bond donors (Lipinski definition) is 1. The molecule has 1 amide bonds. The van der Waals surface area contributed by atoms with E-state index >= 15 is 0 Å². The Morgan fingerprint density at radius 2 is 2.28 bits per heavy atom. The molecule has 2 heterocycles. The summed E-state index contributed by atoms with van der Waals surface area (Å²) in [6, 6.07) is 5.47. The van der Waals surface area contributed by atoms with Gasteiger partial charge in [0.25, 0.3) is 5.91 Å². The lowest BCUT2D eigenvalue weighted by molar-refractivity contribution is 0.0480. The fraction of sp³-hybridized carbons (Fsp3) is 0.571. The number of hydrogen-bond acceptors (Lipinski definition) is 3. The number of likely N-dealkylation sites (tertiary alicyclic amines) is 1. The van der Waals surface area contributed by atoms with Gasteiger partial charge >= 0.3 is 0 Å². The van der Waals surface area contributed by atoms with Gasteiger partial charge in [0, 0.05) is 12.2 Å². The molecule has 1 N–H and O–H groups in total. The summed E-state index contributed by atoms with van der Waals surface area (Å²) in [6.07, 6.45) is 2.15. The van der Waals surface area contributed by atoms with Gasteiger partial charge < -0.3 is 10.0 Å². The lowest BCUT2D eigenvalue weighted by atomic mass is 10.0. The quantitative estimate of drug-likeness (QED) is 0.854. The molecule has 0 spiro atoms. The molecule has 3 unspecified atom stereocenters. The van der Waals surface area contributed by atoms with Crippen molar-refractivity contribution in [3.05, 3.63) is 29.6 Å². The third kappa shape index (κ3) is 2.01. The summed E-state index contributed by atoms with van der Waals surface area (Å²) in [6.45, 7) is 2.72. The number of aliphatic hydroxyl groups excluding tert-OH is 1. The Balaban J connectivity index is 1.82. The Morgan fingerprint density at radius 1 is 1.44 bits per heavy atom. The van der Waals surface area contributed by atoms with E-state index in [4.69, 9.17) is 0 Å². The number of pyridine rings is 1. The van der Waals surface area contributed by atoms with Crippen LogP contribution in [-0.2, 0) is 0 Å². The fourth-order valence-corrected chi connectivity index (χ4v) is 2.93. The van der Waals surface area contributed by atoms with Crippen LogP contribution in [-0.4, -0.2) is 40.1 Å². The van der Waals surface area contributed by atoms with Gasteiger partial charge in [0.2, 0.25) is 0 Å². The van der Waals surface area contributed by atoms with Gasteiger partial charge in [-0.15, -0.1) is 0 Å². The number of piperidine rings is 1. The Hall–Kier alpha value is -1.42. The summed E-state index contributed by atoms with van der Waals surface area (Å²) in [5.41, 5.74) is 1.34. The maximum absolute atomic E-state index is 12.4. The van der Waals surface area contributed by atoms with Crippen LogP contribution in [0.15, 0.2) is 18.2 Å². The number of aryl methyl sites for hydroxylation is 1. The zero-order valence-electron chi connectivity index (χ0n) is 10.5. The molecule has 1 aliphatic heterocycles. The van der Waals surface area contributed by atoms with Crippen molar-refractivity contribution in [2.24, 2.45) is 11.8 Å². The van der Waals surface area contributed by atoms with Crippen molar-refractivity contribution in [2.45, 2.75) is 25.8 Å². The molecule has 0 bridgehead atoms. The SMILES string of the molecule is Cc1cccc(C(=O)N2CC3CC3CC2CO)n1. The smallest absolute Gasteiger partial charge is 0.272 e. The second-order valence-electron chi connectivity index (χ2n) is 5.45. The average Bonchev–Trinajstić information content (AvgIpc) is 3.14. The standard InChI is InChI=1S/C14H18N2O2/c1-9-3-2-4-13(15-9)14(18)16-7-11-5-10(11)6-12(16)8-17/h2-4,10-12,17H,5-8H2,1H3. The predicted octanol–water partition coefficient (Wildman–Crippen LogP) is 1.23. The third-order valence-electron chi connectivity index (χ3n) is 4.09. The summed E-state index contributed by atoms with van der Waals surface area (Å²) in [7, 11) is 0. The number of carbonyl (C=O) groups excluding carboxylic acids is 1. The molecule has 2 aliphatic rings. The molecule has 2 fully saturated rings. The highest BCUT2D eigenvalue weighted by atomic mass is 16.3. The zero-order valence-corrected chi connectivity index (χ0v) is 10.5. The van der Waals surface area contributed by atoms with Crippen molar-refractivity contribution in [3.63, 3.8) is 0 Å². The van der Waals surface area contributed by atoms with E-state index in [-0.39, 0.29) is 18.6 Å². The molecule has 1 saturated heterocycles. The van der Waals surface area contributed by atoms with E-state index in [1.807, 2.05) is 24.0 Å². The highest BCUT2D eigenvalue weighted by Gasteiger charge is 2.47. The number of aliphatic hydroxyl groups is 1. The monoisotopic (exact) mass is 246 g/mol. The first-order valence-corrected chi connectivity index (χ1v) is 6.54. The number of rotatable bonds is 2. The second-order valence-corrected chi connectivity index (χ2v) is 5.45. The van der Waals surface area contributed by atoms with Gasteiger partial charge in [-0.2, -0.15) is 0 Å². The molecule has 1 aromatic heterocycles. The third-order valence-corrected chi connectivity index (χ3v) is 4.09. The molecule has 18 heavy (non-hydrogen) atoms. The van der Waals surface area contributed by atoms with Crippen molar-refractivity contribution >= 4 is 5.91 Å². The molecule has 1 saturated carbocycles. The van der Waals surface area contributed by atoms with Crippen LogP contribution in [0.1, 0.15) is 29.0 Å². The minimum absolute atomic E-state index is 0.0245. The van der Waals surface area contributed by atoms with Gasteiger partial charge in [-0.25, -0.2) is 4.98 Å². The van der Waals surface area contributed by atoms with Crippen LogP contribution in [0.4, 0.5) is 0 Å². The first-order chi connectivity index (χ1) is 8.69. The van der Waals surface area contributed by atoms with Crippen molar-refractivity contribution < 1.29 is 9.90 Å². The largest absolute Gasteiger partial charge is 0.394 e. The average molecular weight is 246 g/mol. The minimum Gasteiger partial charge on any atom is -0.394 e. The van der Waals surface area contributed by atoms with Crippen molar-refractivity contribution in [2.75, 3.05) is 13.2 Å². The van der Waals surface area contributed by atoms with Gasteiger partial charge in [0.1, 0.15) is 5.69 Å². The zero-order chi connectivity index (χ0) is 12.7. The Bertz CT molecular complexity index is 475. The Kier molecular flexibility index (Phi) is 2.82. The summed E-state index contributed by atoms with van der Waals surface area (Å²) in [4.78, 5) is 18.5. The topological polar surface area (TPSA) is 53.4 Å². The first kappa shape index (κ1) is 11.7. The summed E-state index contributed by atoms with van der Waals surface area (Å²) >= 11 is 0. The van der Waals surface area contributed by atoms with Crippen LogP contribution >= 0.6 is 0 Å². The van der Waals surface area contributed by atoms with Crippen molar-refractivity contribution in [3.8, 4) is 0 Å². The Morgan fingerprint density at radius 3 is 3.00 bits per heavy atom. The molecule has 3 rings (SSSR count). The van der Waals surface area contributed by atoms with Gasteiger partial charge in [0.05, 0.1) is 12.6 Å². The molecule has 4 nitrogen and oxygen atoms in total. The molecule has 96 valence electrons. The maximum Gasteiger partial charge on any atom is 0.272 e. The van der Waals surface area contributed by atoms with Crippen LogP contribution < -0.4 is 0 Å². The number of fused-ring (bicyclic) bond motifs is 1. The second kappa shape index (κ2) is 4.35. The van der Waals surface area contributed by atoms with E-state index in [1.54, 1.807) is 6.07 Å². The van der Waals surface area contributed by atoms with E-state index in [9.17, 15) is 9.90 Å². The lowest BCUT2D eigenvalue weighted by Crippen LogP contribution is -2.46. The number of nitrogens with zero attached hydrogens (tertiary/aromatic N) is 2. The molecular weight excluding hydrogens is 228 g/mol. The van der Waals surface area contributed by atoms with Crippen LogP contribution in [0.3, 0.4) is 0 Å². The summed E-state index contributed by atoms with van der Waals surface area (Å²) < 4.78 is 0. The highest BCUT2D eigenvalue weighted by molar-refractivity contribution is 5.92. The Labute approximate surface area is 107 Å². The minimum atomic E-state index is -0.0388. The van der Waals surface area contributed by atoms with Crippen molar-refractivity contribution in [1.29, 1.82) is 0 Å². The van der Waals surface area contributed by atoms with E-state index < -0.39 is 0 Å². The van der Waals surface area contributed by atoms with Gasteiger partial charge in [-0.05, 0) is 43.7 Å². The van der Waals surface area contributed by atoms with Crippen LogP contribution in [0, 0.1) is 18.8 Å². The maximum atomic E-state index is 12.4. The summed E-state index contributed by atoms with van der Waals surface area (Å²) in [5.74, 6) is 1.35. The molecule has 3 atom stereocenters. The van der Waals surface area contributed by atoms with Gasteiger partial charge in [-0.1, -0.05) is 6.07 Å². The normalized spacial score (nSPS) is 29.9. The first-order valence-electron chi connectivity index (χ1n) is 6.54. The molecular formula is C14H18N2O2. The van der Waals surface area contributed by atoms with Crippen LogP contribution in [0.2, 0.25) is 0 Å². The molecule has 1 aromatic rings. The fourth-order valence-electron chi connectivity index (χ4n) is 2.93. The molecule has 0 radical (unpaired) electrons. The lowest BCUT2D eigenvalue weighted by Gasteiger charge is -2.34. The van der Waals surface area contributed by atoms with E-state index in [0.717, 1.165) is 24.6 Å². The van der Waals surface area contributed by atoms with Crippen molar-refractivity contribution in [1.82, 2.24) is 9.88 Å². The molecule has 0 aromatic carbocycles. The number of carbonyl (C=O) groups is 1. The van der Waals surface area contributed by atoms with Gasteiger partial charge in [0.15, 0.2) is 0 Å². The summed E-state index contributed by atoms with van der Waals surface area (Å²) in [5, 5.41) is 9.43. The van der Waals surface area contributed by atoms with Crippen LogP contribution in [0.25, 0.3) is 0 Å². The van der Waals surface area contributed by atoms with E-state index in [1.165, 1.54) is 6.42 Å². The van der Waals surface area contributed by atoms with E-state index in [0.29, 0.717) is 11.6 Å².